The van der Waals surface area contributed by atoms with Crippen LogP contribution in [0.5, 0.6) is 0 Å². The molecule has 0 spiro atoms. The van der Waals surface area contributed by atoms with E-state index in [0.717, 1.165) is 84.3 Å². The fraction of sp³-hybridized carbons (Fsp3) is 0.277. The summed E-state index contributed by atoms with van der Waals surface area (Å²) >= 11 is 10.8. The van der Waals surface area contributed by atoms with Gasteiger partial charge in [0.25, 0.3) is 5.91 Å². The van der Waals surface area contributed by atoms with E-state index in [2.05, 4.69) is 55.1 Å². The molecular weight excluding hydrogens is 818 g/mol. The van der Waals surface area contributed by atoms with Crippen LogP contribution in [-0.2, 0) is 22.4 Å². The standard InChI is InChI=1S/C22H20FN3OS.C13H17N3S.C9H5FO2.CH3F.2CH4/c23-20-6-2-1-4-17(20)8-10-21(27)24-13-3-5-18(28)9-7-16-11-14-25-22-19(16)12-15-26-22;14-7-1-2-11(17)4-3-10-5-8-15-13-12(10)6-9-16-13;10-8-4-2-1-3-7(8)5-6-9(11)12;1-2;;/h1-2,4,6,11-12,14-15H,3,5,7,9,13H2,(H,24,27)(H,25,26);5-6,8-9H,1-4,7,14H2,(H,15,16);1-4H,(H,11,12);1H3;2*1H4/i;;;1D;;. The van der Waals surface area contributed by atoms with Crippen molar-refractivity contribution in [2.75, 3.05) is 20.2 Å². The maximum Gasteiger partial charge on any atom is 0.382 e. The van der Waals surface area contributed by atoms with Crippen molar-refractivity contribution in [3.05, 3.63) is 131 Å². The number of thiocarbonyl (C=S) groups is 2. The van der Waals surface area contributed by atoms with Gasteiger partial charge in [-0.2, -0.15) is 0 Å². The first kappa shape index (κ1) is 51.0. The molecule has 9 nitrogen and oxygen atoms in total. The van der Waals surface area contributed by atoms with E-state index in [1.54, 1.807) is 24.4 Å². The van der Waals surface area contributed by atoms with Crippen molar-refractivity contribution >= 4 is 68.1 Å². The lowest BCUT2D eigenvalue weighted by Crippen LogP contribution is -2.23. The van der Waals surface area contributed by atoms with E-state index in [1.807, 2.05) is 36.6 Å². The number of alkyl halides is 1. The summed E-state index contributed by atoms with van der Waals surface area (Å²) in [5.74, 6) is 6.35. The highest BCUT2D eigenvalue weighted by atomic mass is 32.1. The lowest BCUT2D eigenvalue weighted by atomic mass is 10.0. The monoisotopic (exact) mass is 871 g/mol. The first-order valence-electron chi connectivity index (χ1n) is 19.2. The lowest BCUT2D eigenvalue weighted by Gasteiger charge is -2.06. The molecule has 0 radical (unpaired) electrons. The number of rotatable bonds is 13. The molecule has 0 saturated carbocycles. The minimum absolute atomic E-state index is 0. The number of aromatic amines is 2. The molecule has 0 bridgehead atoms. The number of carbonyl (C=O) groups is 2. The second-order valence-electron chi connectivity index (χ2n) is 12.5. The fourth-order valence-electron chi connectivity index (χ4n) is 5.47. The molecule has 1 amide bonds. The molecule has 61 heavy (non-hydrogen) atoms. The highest BCUT2D eigenvalue weighted by molar-refractivity contribution is 7.80. The predicted octanol–water partition coefficient (Wildman–Crippen LogP) is 9.68. The van der Waals surface area contributed by atoms with Crippen LogP contribution >= 0.6 is 24.4 Å². The Bertz CT molecular complexity index is 2450. The van der Waals surface area contributed by atoms with Crippen molar-refractivity contribution in [3.63, 3.8) is 0 Å². The van der Waals surface area contributed by atoms with E-state index < -0.39 is 30.7 Å². The second-order valence-corrected chi connectivity index (χ2v) is 13.7. The van der Waals surface area contributed by atoms with Gasteiger partial charge in [-0.1, -0.05) is 75.4 Å². The van der Waals surface area contributed by atoms with Crippen molar-refractivity contribution in [1.82, 2.24) is 25.3 Å². The summed E-state index contributed by atoms with van der Waals surface area (Å²) in [4.78, 5) is 38.6. The Balaban J connectivity index is 0.000000482. The zero-order valence-electron chi connectivity index (χ0n) is 33.2. The number of aromatic nitrogens is 4. The molecular formula is C47H53F3N6O3S2. The van der Waals surface area contributed by atoms with Gasteiger partial charge in [-0.25, -0.2) is 23.5 Å². The number of halogens is 3. The molecule has 0 atom stereocenters. The summed E-state index contributed by atoms with van der Waals surface area (Å²) in [5, 5.41) is 13.2. The third-order valence-corrected chi connectivity index (χ3v) is 9.20. The van der Waals surface area contributed by atoms with Crippen molar-refractivity contribution in [1.29, 1.82) is 0 Å². The minimum Gasteiger partial charge on any atom is -0.472 e. The van der Waals surface area contributed by atoms with Gasteiger partial charge in [-0.3, -0.25) is 9.18 Å². The van der Waals surface area contributed by atoms with Crippen LogP contribution in [0.15, 0.2) is 97.6 Å². The van der Waals surface area contributed by atoms with Gasteiger partial charge < -0.3 is 26.1 Å². The molecule has 0 saturated heterocycles. The highest BCUT2D eigenvalue weighted by Gasteiger charge is 2.06. The SMILES string of the molecule is C.C.NCCCC(=S)CCc1ccnc2[nH]ccc12.O=C(C#Cc1ccccc1F)NCCCC(=S)CCc1ccnc2[nH]ccc12.O=C(O)C#Cc1ccccc1F.[2H]CF. The number of nitrogens with zero attached hydrogens (tertiary/aromatic N) is 2. The van der Waals surface area contributed by atoms with Crippen LogP contribution in [0.3, 0.4) is 0 Å². The first-order valence-corrected chi connectivity index (χ1v) is 19.3. The Labute approximate surface area is 368 Å². The number of carboxylic acid groups (broad SMARTS) is 1. The Kier molecular flexibility index (Phi) is 25.0. The third-order valence-electron chi connectivity index (χ3n) is 8.39. The van der Waals surface area contributed by atoms with Crippen molar-refractivity contribution < 1.29 is 29.2 Å². The zero-order valence-corrected chi connectivity index (χ0v) is 33.8. The second kappa shape index (κ2) is 29.9. The quantitative estimate of drug-likeness (QED) is 0.0438. The average Bonchev–Trinajstić information content (AvgIpc) is 3.94. The number of H-pyrrole nitrogens is 2. The number of aliphatic carboxylic acids is 1. The van der Waals surface area contributed by atoms with Gasteiger partial charge >= 0.3 is 5.97 Å². The third kappa shape index (κ3) is 19.2. The van der Waals surface area contributed by atoms with Crippen molar-refractivity contribution in [3.8, 4) is 23.7 Å². The van der Waals surface area contributed by atoms with Crippen LogP contribution in [0, 0.1) is 35.3 Å². The van der Waals surface area contributed by atoms with Gasteiger partial charge in [0.05, 0.1) is 19.7 Å². The van der Waals surface area contributed by atoms with Gasteiger partial charge in [0.1, 0.15) is 22.9 Å². The van der Waals surface area contributed by atoms with Crippen LogP contribution in [0.25, 0.3) is 22.1 Å². The molecule has 2 aromatic carbocycles. The molecule has 6 aromatic rings. The summed E-state index contributed by atoms with van der Waals surface area (Å²) in [6, 6.07) is 20.1. The Morgan fingerprint density at radius 2 is 1.21 bits per heavy atom. The maximum absolute atomic E-state index is 13.4. The number of carboxylic acids is 1. The Morgan fingerprint density at radius 1 is 0.754 bits per heavy atom. The summed E-state index contributed by atoms with van der Waals surface area (Å²) < 4.78 is 41.7. The molecule has 6 N–H and O–H groups in total. The number of hydrogen-bond donors (Lipinski definition) is 5. The highest BCUT2D eigenvalue weighted by Crippen LogP contribution is 2.19. The van der Waals surface area contributed by atoms with Crippen LogP contribution in [0.2, 0.25) is 0 Å². The van der Waals surface area contributed by atoms with Crippen LogP contribution in [0.4, 0.5) is 13.2 Å². The molecule has 6 rings (SSSR count). The summed E-state index contributed by atoms with van der Waals surface area (Å²) in [5.41, 5.74) is 10.2. The number of nitrogens with two attached hydrogens (primary N) is 1. The van der Waals surface area contributed by atoms with E-state index in [4.69, 9.17) is 36.6 Å². The summed E-state index contributed by atoms with van der Waals surface area (Å²) in [6.45, 7) is 1.21. The summed E-state index contributed by atoms with van der Waals surface area (Å²) in [7, 11) is -1.00. The number of carbonyl (C=O) groups excluding carboxylic acids is 1. The molecule has 0 aliphatic rings. The largest absolute Gasteiger partial charge is 0.472 e. The van der Waals surface area contributed by atoms with Crippen LogP contribution in [0.1, 0.15) is 77.0 Å². The topological polar surface area (TPSA) is 150 Å². The van der Waals surface area contributed by atoms with Gasteiger partial charge in [0, 0.05) is 53.9 Å². The van der Waals surface area contributed by atoms with Gasteiger partial charge in [0.15, 0.2) is 0 Å². The van der Waals surface area contributed by atoms with Crippen LogP contribution < -0.4 is 11.1 Å². The number of hydrogen-bond acceptors (Lipinski definition) is 7. The first-order chi connectivity index (χ1) is 29.1. The number of fused-ring (bicyclic) bond motifs is 2. The van der Waals surface area contributed by atoms with Gasteiger partial charge in [0.2, 0.25) is 0 Å². The van der Waals surface area contributed by atoms with E-state index in [1.165, 1.54) is 46.8 Å². The molecule has 0 aliphatic carbocycles. The average molecular weight is 872 g/mol. The Hall–Kier alpha value is -6.19. The maximum atomic E-state index is 13.4. The molecule has 4 heterocycles. The minimum atomic E-state index is -1.27. The van der Waals surface area contributed by atoms with Gasteiger partial charge in [-0.15, -0.1) is 0 Å². The summed E-state index contributed by atoms with van der Waals surface area (Å²) in [6.07, 6.45) is 14.6. The van der Waals surface area contributed by atoms with Crippen molar-refractivity contribution in [2.45, 2.75) is 66.2 Å². The number of amides is 1. The smallest absolute Gasteiger partial charge is 0.382 e. The number of pyridine rings is 2. The van der Waals surface area contributed by atoms with E-state index in [-0.39, 0.29) is 26.0 Å². The van der Waals surface area contributed by atoms with Crippen molar-refractivity contribution in [2.24, 2.45) is 5.73 Å². The normalized spacial score (nSPS) is 9.74. The van der Waals surface area contributed by atoms with E-state index >= 15 is 0 Å². The van der Waals surface area contributed by atoms with Crippen LogP contribution in [-0.4, -0.2) is 66.9 Å². The van der Waals surface area contributed by atoms with Gasteiger partial charge in [-0.05, 0) is 127 Å². The molecule has 14 heteroatoms. The zero-order chi connectivity index (χ0) is 43.5. The number of nitrogens with one attached hydrogen (secondary N) is 3. The Morgan fingerprint density at radius 3 is 1.67 bits per heavy atom. The molecule has 0 fully saturated rings. The fourth-order valence-corrected chi connectivity index (χ4v) is 5.96. The van der Waals surface area contributed by atoms with E-state index in [0.29, 0.717) is 6.54 Å². The number of benzene rings is 2. The lowest BCUT2D eigenvalue weighted by molar-refractivity contribution is -0.130. The molecule has 0 aliphatic heterocycles. The molecule has 4 aromatic heterocycles. The predicted molar refractivity (Wildman–Crippen MR) is 249 cm³/mol. The molecule has 322 valence electrons. The number of aryl methyl sites for hydroxylation is 2. The molecule has 0 unspecified atom stereocenters. The van der Waals surface area contributed by atoms with E-state index in [9.17, 15) is 22.8 Å².